The van der Waals surface area contributed by atoms with Gasteiger partial charge in [0, 0.05) is 11.8 Å². The van der Waals surface area contributed by atoms with Crippen LogP contribution in [0, 0.1) is 18.3 Å². The standard InChI is InChI=1S/C26H21F3N6O2/c1-16(24-33-17(2)34-35(24)23-9-8-19(13-30)14-31-23)32-25(36)20-10-21(26(27,28)29)12-22(11-20)37-15-18-6-4-3-5-7-18/h3-12,14,16H,15H2,1-2H3,(H,32,36). The number of carbonyl (C=O) groups is 1. The van der Waals surface area contributed by atoms with Gasteiger partial charge in [-0.1, -0.05) is 30.3 Å². The molecule has 1 amide bonds. The molecule has 0 saturated carbocycles. The number of rotatable bonds is 7. The van der Waals surface area contributed by atoms with Crippen LogP contribution in [0.2, 0.25) is 0 Å². The number of aromatic nitrogens is 4. The Kier molecular flexibility index (Phi) is 7.20. The Morgan fingerprint density at radius 3 is 2.57 bits per heavy atom. The molecule has 0 spiro atoms. The number of hydrogen-bond acceptors (Lipinski definition) is 6. The number of benzene rings is 2. The van der Waals surface area contributed by atoms with Gasteiger partial charge in [-0.25, -0.2) is 9.97 Å². The summed E-state index contributed by atoms with van der Waals surface area (Å²) in [5.41, 5.74) is -0.0929. The zero-order valence-corrected chi connectivity index (χ0v) is 19.8. The molecule has 0 aliphatic heterocycles. The summed E-state index contributed by atoms with van der Waals surface area (Å²) in [4.78, 5) is 21.6. The van der Waals surface area contributed by atoms with Gasteiger partial charge in [-0.2, -0.15) is 23.1 Å². The lowest BCUT2D eigenvalue weighted by atomic mass is 10.1. The van der Waals surface area contributed by atoms with Crippen LogP contribution in [-0.2, 0) is 12.8 Å². The largest absolute Gasteiger partial charge is 0.489 e. The highest BCUT2D eigenvalue weighted by molar-refractivity contribution is 5.95. The fraction of sp³-hybridized carbons (Fsp3) is 0.192. The van der Waals surface area contributed by atoms with Crippen LogP contribution in [0.15, 0.2) is 66.9 Å². The maximum Gasteiger partial charge on any atom is 0.416 e. The zero-order valence-electron chi connectivity index (χ0n) is 19.8. The van der Waals surface area contributed by atoms with E-state index in [2.05, 4.69) is 20.4 Å². The maximum absolute atomic E-state index is 13.6. The smallest absolute Gasteiger partial charge is 0.416 e. The molecule has 2 aromatic heterocycles. The molecule has 0 aliphatic carbocycles. The fourth-order valence-electron chi connectivity index (χ4n) is 3.52. The summed E-state index contributed by atoms with van der Waals surface area (Å²) in [5.74, 6) is 0.250. The molecule has 188 valence electrons. The van der Waals surface area contributed by atoms with E-state index in [0.29, 0.717) is 23.0 Å². The monoisotopic (exact) mass is 506 g/mol. The molecule has 2 aromatic carbocycles. The predicted octanol–water partition coefficient (Wildman–Crippen LogP) is 4.93. The van der Waals surface area contributed by atoms with Crippen molar-refractivity contribution < 1.29 is 22.7 Å². The van der Waals surface area contributed by atoms with E-state index in [1.807, 2.05) is 12.1 Å². The van der Waals surface area contributed by atoms with E-state index in [4.69, 9.17) is 10.00 Å². The summed E-state index contributed by atoms with van der Waals surface area (Å²) in [7, 11) is 0. The number of nitrogens with one attached hydrogen (secondary N) is 1. The SMILES string of the molecule is Cc1nc(C(C)NC(=O)c2cc(OCc3ccccc3)cc(C(F)(F)F)c2)n(-c2ccc(C#N)cn2)n1. The van der Waals surface area contributed by atoms with Crippen LogP contribution < -0.4 is 10.1 Å². The van der Waals surface area contributed by atoms with Crippen molar-refractivity contribution in [3.05, 3.63) is 101 Å². The van der Waals surface area contributed by atoms with Crippen LogP contribution in [0.3, 0.4) is 0 Å². The first kappa shape index (κ1) is 25.4. The van der Waals surface area contributed by atoms with E-state index in [1.165, 1.54) is 16.9 Å². The molecule has 0 fully saturated rings. The first-order chi connectivity index (χ1) is 17.6. The van der Waals surface area contributed by atoms with Crippen LogP contribution in [0.1, 0.15) is 51.7 Å². The first-order valence-corrected chi connectivity index (χ1v) is 11.1. The van der Waals surface area contributed by atoms with Gasteiger partial charge in [0.1, 0.15) is 24.3 Å². The molecule has 1 atom stereocenters. The van der Waals surface area contributed by atoms with Crippen molar-refractivity contribution in [1.29, 1.82) is 5.26 Å². The van der Waals surface area contributed by atoms with Crippen molar-refractivity contribution in [3.63, 3.8) is 0 Å². The van der Waals surface area contributed by atoms with E-state index < -0.39 is 23.7 Å². The van der Waals surface area contributed by atoms with Crippen molar-refractivity contribution in [2.45, 2.75) is 32.7 Å². The molecule has 0 aliphatic rings. The summed E-state index contributed by atoms with van der Waals surface area (Å²) < 4.78 is 47.7. The number of amides is 1. The molecule has 1 N–H and O–H groups in total. The highest BCUT2D eigenvalue weighted by Crippen LogP contribution is 2.33. The van der Waals surface area contributed by atoms with E-state index >= 15 is 0 Å². The normalized spacial score (nSPS) is 12.0. The second-order valence-corrected chi connectivity index (χ2v) is 8.16. The second kappa shape index (κ2) is 10.5. The molecular weight excluding hydrogens is 485 g/mol. The molecule has 0 bridgehead atoms. The lowest BCUT2D eigenvalue weighted by molar-refractivity contribution is -0.137. The first-order valence-electron chi connectivity index (χ1n) is 11.1. The Morgan fingerprint density at radius 2 is 1.92 bits per heavy atom. The number of alkyl halides is 3. The molecule has 2 heterocycles. The van der Waals surface area contributed by atoms with Gasteiger partial charge < -0.3 is 10.1 Å². The van der Waals surface area contributed by atoms with Gasteiger partial charge in [-0.15, -0.1) is 5.10 Å². The average Bonchev–Trinajstić information content (AvgIpc) is 3.29. The van der Waals surface area contributed by atoms with Crippen LogP contribution in [-0.4, -0.2) is 25.7 Å². The number of hydrogen-bond donors (Lipinski definition) is 1. The molecule has 37 heavy (non-hydrogen) atoms. The number of pyridine rings is 1. The Labute approximate surface area is 210 Å². The van der Waals surface area contributed by atoms with Crippen LogP contribution in [0.5, 0.6) is 5.75 Å². The Hall–Kier alpha value is -4.72. The number of nitriles is 1. The van der Waals surface area contributed by atoms with Crippen LogP contribution in [0.4, 0.5) is 13.2 Å². The topological polar surface area (TPSA) is 106 Å². The molecule has 11 heteroatoms. The minimum Gasteiger partial charge on any atom is -0.489 e. The fourth-order valence-corrected chi connectivity index (χ4v) is 3.52. The van der Waals surface area contributed by atoms with E-state index in [1.54, 1.807) is 50.2 Å². The third-order valence-corrected chi connectivity index (χ3v) is 5.31. The lowest BCUT2D eigenvalue weighted by Crippen LogP contribution is -2.29. The number of halogens is 3. The van der Waals surface area contributed by atoms with Crippen molar-refractivity contribution in [3.8, 4) is 17.6 Å². The third kappa shape index (κ3) is 6.10. The molecule has 8 nitrogen and oxygen atoms in total. The van der Waals surface area contributed by atoms with E-state index in [9.17, 15) is 18.0 Å². The van der Waals surface area contributed by atoms with Gasteiger partial charge in [-0.3, -0.25) is 4.79 Å². The average molecular weight is 506 g/mol. The van der Waals surface area contributed by atoms with Crippen LogP contribution >= 0.6 is 0 Å². The predicted molar refractivity (Wildman–Crippen MR) is 127 cm³/mol. The summed E-state index contributed by atoms with van der Waals surface area (Å²) >= 11 is 0. The van der Waals surface area contributed by atoms with Crippen LogP contribution in [0.25, 0.3) is 5.82 Å². The van der Waals surface area contributed by atoms with Gasteiger partial charge >= 0.3 is 6.18 Å². The number of carbonyl (C=O) groups excluding carboxylic acids is 1. The van der Waals surface area contributed by atoms with Crippen molar-refractivity contribution in [1.82, 2.24) is 25.1 Å². The minimum atomic E-state index is -4.68. The van der Waals surface area contributed by atoms with Crippen molar-refractivity contribution in [2.75, 3.05) is 0 Å². The Bertz CT molecular complexity index is 1440. The van der Waals surface area contributed by atoms with Gasteiger partial charge in [-0.05, 0) is 49.7 Å². The molecule has 4 rings (SSSR count). The summed E-state index contributed by atoms with van der Waals surface area (Å²) in [6.45, 7) is 3.32. The molecule has 0 saturated heterocycles. The lowest BCUT2D eigenvalue weighted by Gasteiger charge is -2.16. The Morgan fingerprint density at radius 1 is 1.16 bits per heavy atom. The zero-order chi connectivity index (χ0) is 26.6. The molecular formula is C26H21F3N6O2. The second-order valence-electron chi connectivity index (χ2n) is 8.16. The van der Waals surface area contributed by atoms with E-state index in [-0.39, 0.29) is 17.9 Å². The van der Waals surface area contributed by atoms with Crippen molar-refractivity contribution >= 4 is 5.91 Å². The third-order valence-electron chi connectivity index (χ3n) is 5.31. The maximum atomic E-state index is 13.6. The van der Waals surface area contributed by atoms with Crippen molar-refractivity contribution in [2.24, 2.45) is 0 Å². The molecule has 0 radical (unpaired) electrons. The van der Waals surface area contributed by atoms with Gasteiger partial charge in [0.15, 0.2) is 11.6 Å². The number of nitrogens with zero attached hydrogens (tertiary/aromatic N) is 5. The van der Waals surface area contributed by atoms with Gasteiger partial charge in [0.05, 0.1) is 17.2 Å². The van der Waals surface area contributed by atoms with Gasteiger partial charge in [0.2, 0.25) is 0 Å². The highest BCUT2D eigenvalue weighted by Gasteiger charge is 2.32. The quantitative estimate of drug-likeness (QED) is 0.381. The van der Waals surface area contributed by atoms with Gasteiger partial charge in [0.25, 0.3) is 5.91 Å². The molecule has 1 unspecified atom stereocenters. The summed E-state index contributed by atoms with van der Waals surface area (Å²) in [6, 6.07) is 16.2. The van der Waals surface area contributed by atoms with E-state index in [0.717, 1.165) is 17.7 Å². The molecule has 4 aromatic rings. The number of ether oxygens (including phenoxy) is 1. The minimum absolute atomic E-state index is 0.0413. The Balaban J connectivity index is 1.58. The number of aryl methyl sites for hydroxylation is 1. The summed E-state index contributed by atoms with van der Waals surface area (Å²) in [6.07, 6.45) is -3.30. The highest BCUT2D eigenvalue weighted by atomic mass is 19.4. The summed E-state index contributed by atoms with van der Waals surface area (Å²) in [5, 5.41) is 15.9.